The van der Waals surface area contributed by atoms with Crippen molar-refractivity contribution in [3.63, 3.8) is 0 Å². The molecule has 2 bridgehead atoms. The average Bonchev–Trinajstić information content (AvgIpc) is 3.14. The first-order chi connectivity index (χ1) is 15.3. The van der Waals surface area contributed by atoms with Crippen LogP contribution in [-0.4, -0.2) is 33.8 Å². The van der Waals surface area contributed by atoms with Gasteiger partial charge in [0.15, 0.2) is 0 Å². The number of amides is 1. The minimum absolute atomic E-state index is 0.194. The molecule has 174 valence electrons. The number of fused-ring (bicyclic) bond motifs is 3. The van der Waals surface area contributed by atoms with Crippen LogP contribution in [0, 0.1) is 17.8 Å². The number of H-pyrrole nitrogens is 1. The zero-order chi connectivity index (χ0) is 22.7. The Balaban J connectivity index is 1.29. The first kappa shape index (κ1) is 22.7. The van der Waals surface area contributed by atoms with E-state index in [4.69, 9.17) is 4.74 Å². The number of hydrogen-bond donors (Lipinski definition) is 3. The Bertz CT molecular complexity index is 938. The lowest BCUT2D eigenvalue weighted by atomic mass is 9.67. The second kappa shape index (κ2) is 9.55. The van der Waals surface area contributed by atoms with Crippen LogP contribution in [0.25, 0.3) is 10.9 Å². The summed E-state index contributed by atoms with van der Waals surface area (Å²) in [5.74, 6) is 1.43. The van der Waals surface area contributed by atoms with E-state index in [-0.39, 0.29) is 6.42 Å². The van der Waals surface area contributed by atoms with E-state index in [0.717, 1.165) is 47.1 Å². The Labute approximate surface area is 190 Å². The van der Waals surface area contributed by atoms with Gasteiger partial charge >= 0.3 is 12.1 Å². The Hall–Kier alpha value is -2.50. The van der Waals surface area contributed by atoms with Crippen LogP contribution in [-0.2, 0) is 16.0 Å². The van der Waals surface area contributed by atoms with Crippen molar-refractivity contribution in [1.29, 1.82) is 0 Å². The number of aliphatic carboxylic acids is 1. The van der Waals surface area contributed by atoms with E-state index in [1.165, 1.54) is 38.5 Å². The molecule has 2 fully saturated rings. The molecule has 0 spiro atoms. The summed E-state index contributed by atoms with van der Waals surface area (Å²) in [7, 11) is 0. The van der Waals surface area contributed by atoms with Crippen molar-refractivity contribution < 1.29 is 19.4 Å². The molecular weight excluding hydrogens is 404 g/mol. The van der Waals surface area contributed by atoms with E-state index in [0.29, 0.717) is 0 Å². The van der Waals surface area contributed by atoms with Gasteiger partial charge in [0.2, 0.25) is 0 Å². The number of carbonyl (C=O) groups excluding carboxylic acids is 1. The molecule has 0 aliphatic heterocycles. The van der Waals surface area contributed by atoms with Gasteiger partial charge in [-0.25, -0.2) is 9.59 Å². The number of carboxylic acids is 1. The smallest absolute Gasteiger partial charge is 0.408 e. The van der Waals surface area contributed by atoms with Gasteiger partial charge in [-0.15, -0.1) is 0 Å². The second-order valence-corrected chi connectivity index (χ2v) is 10.5. The molecule has 1 unspecified atom stereocenters. The van der Waals surface area contributed by atoms with E-state index >= 15 is 0 Å². The third-order valence-corrected chi connectivity index (χ3v) is 7.44. The maximum atomic E-state index is 12.6. The van der Waals surface area contributed by atoms with E-state index in [9.17, 15) is 14.7 Å². The van der Waals surface area contributed by atoms with E-state index in [1.807, 2.05) is 38.1 Å². The Morgan fingerprint density at radius 2 is 1.91 bits per heavy atom. The number of benzene rings is 1. The van der Waals surface area contributed by atoms with Gasteiger partial charge in [0.05, 0.1) is 0 Å². The number of carboxylic acid groups (broad SMARTS) is 1. The fourth-order valence-electron chi connectivity index (χ4n) is 5.85. The van der Waals surface area contributed by atoms with E-state index < -0.39 is 23.7 Å². The second-order valence-electron chi connectivity index (χ2n) is 10.5. The summed E-state index contributed by atoms with van der Waals surface area (Å²) < 4.78 is 5.69. The molecule has 1 heterocycles. The third kappa shape index (κ3) is 5.64. The maximum absolute atomic E-state index is 12.6. The van der Waals surface area contributed by atoms with Crippen LogP contribution in [0.15, 0.2) is 30.5 Å². The number of alkyl carbamates (subject to hydrolysis) is 1. The summed E-state index contributed by atoms with van der Waals surface area (Å²) >= 11 is 0. The minimum atomic E-state index is -1.07. The fraction of sp³-hybridized carbons (Fsp3) is 0.615. The summed E-state index contributed by atoms with van der Waals surface area (Å²) in [5, 5.41) is 13.2. The summed E-state index contributed by atoms with van der Waals surface area (Å²) in [6, 6.07) is 6.68. The number of carbonyl (C=O) groups is 2. The molecule has 6 heteroatoms. The molecule has 2 aromatic rings. The van der Waals surface area contributed by atoms with Crippen LogP contribution in [0.2, 0.25) is 0 Å². The van der Waals surface area contributed by atoms with Crippen molar-refractivity contribution in [2.24, 2.45) is 17.8 Å². The zero-order valence-electron chi connectivity index (χ0n) is 19.2. The van der Waals surface area contributed by atoms with E-state index in [2.05, 4.69) is 10.3 Å². The molecular formula is C26H36N2O4. The summed E-state index contributed by atoms with van der Waals surface area (Å²) in [6.07, 6.45) is 11.4. The average molecular weight is 441 g/mol. The highest BCUT2D eigenvalue weighted by Crippen LogP contribution is 2.44. The predicted molar refractivity (Wildman–Crippen MR) is 125 cm³/mol. The highest BCUT2D eigenvalue weighted by molar-refractivity contribution is 5.85. The lowest BCUT2D eigenvalue weighted by Crippen LogP contribution is -2.45. The summed E-state index contributed by atoms with van der Waals surface area (Å²) in [6.45, 7) is 3.84. The van der Waals surface area contributed by atoms with Crippen LogP contribution < -0.4 is 5.32 Å². The van der Waals surface area contributed by atoms with Crippen molar-refractivity contribution >= 4 is 23.0 Å². The standard InChI is InChI=1S/C26H36N2O4/c1-26(2,11-10-19-13-17-6-5-7-18(12-17)14-19)32-25(31)28-23(24(29)30)15-20-16-27-22-9-4-3-8-21(20)22/h3-4,8-9,16-19,23,27H,5-7,10-15H2,1-2H3,(H,28,31)(H,29,30)/t17-,18+,19?,23-/m0/s1. The van der Waals surface area contributed by atoms with Crippen LogP contribution in [0.5, 0.6) is 0 Å². The molecule has 32 heavy (non-hydrogen) atoms. The maximum Gasteiger partial charge on any atom is 0.408 e. The molecule has 1 aromatic heterocycles. The van der Waals surface area contributed by atoms with Crippen LogP contribution in [0.1, 0.15) is 70.8 Å². The summed E-state index contributed by atoms with van der Waals surface area (Å²) in [4.78, 5) is 27.5. The monoisotopic (exact) mass is 440 g/mol. The number of aromatic nitrogens is 1. The predicted octanol–water partition coefficient (Wildman–Crippen LogP) is 5.67. The topological polar surface area (TPSA) is 91.4 Å². The molecule has 3 N–H and O–H groups in total. The number of hydrogen-bond acceptors (Lipinski definition) is 3. The Morgan fingerprint density at radius 1 is 1.19 bits per heavy atom. The number of ether oxygens (including phenoxy) is 1. The zero-order valence-corrected chi connectivity index (χ0v) is 19.2. The molecule has 0 radical (unpaired) electrons. The molecule has 2 aliphatic rings. The van der Waals surface area contributed by atoms with Crippen LogP contribution in [0.4, 0.5) is 4.79 Å². The minimum Gasteiger partial charge on any atom is -0.480 e. The quantitative estimate of drug-likeness (QED) is 0.493. The normalized spacial score (nSPS) is 24.1. The van der Waals surface area contributed by atoms with Gasteiger partial charge in [-0.2, -0.15) is 0 Å². The molecule has 2 saturated carbocycles. The molecule has 2 aliphatic carbocycles. The van der Waals surface area contributed by atoms with Gasteiger partial charge in [0, 0.05) is 23.5 Å². The van der Waals surface area contributed by atoms with Gasteiger partial charge in [-0.3, -0.25) is 0 Å². The number of aromatic amines is 1. The van der Waals surface area contributed by atoms with Gasteiger partial charge in [-0.05, 0) is 75.3 Å². The van der Waals surface area contributed by atoms with Gasteiger partial charge in [-0.1, -0.05) is 37.5 Å². The first-order valence-electron chi connectivity index (χ1n) is 12.1. The lowest BCUT2D eigenvalue weighted by Gasteiger charge is -2.40. The van der Waals surface area contributed by atoms with E-state index in [1.54, 1.807) is 6.20 Å². The van der Waals surface area contributed by atoms with Crippen molar-refractivity contribution in [2.45, 2.75) is 83.3 Å². The number of nitrogens with one attached hydrogen (secondary N) is 2. The lowest BCUT2D eigenvalue weighted by molar-refractivity contribution is -0.139. The van der Waals surface area contributed by atoms with Crippen molar-refractivity contribution in [1.82, 2.24) is 10.3 Å². The van der Waals surface area contributed by atoms with Gasteiger partial charge < -0.3 is 20.1 Å². The molecule has 6 nitrogen and oxygen atoms in total. The Morgan fingerprint density at radius 3 is 2.62 bits per heavy atom. The molecule has 1 amide bonds. The van der Waals surface area contributed by atoms with Gasteiger partial charge in [0.1, 0.15) is 11.6 Å². The summed E-state index contributed by atoms with van der Waals surface area (Å²) in [5.41, 5.74) is 1.18. The third-order valence-electron chi connectivity index (χ3n) is 7.44. The largest absolute Gasteiger partial charge is 0.480 e. The van der Waals surface area contributed by atoms with Crippen LogP contribution in [0.3, 0.4) is 0 Å². The SMILES string of the molecule is CC(C)(CCC1C[C@H]2CCC[C@@H](C1)C2)OC(=O)N[C@@H](Cc1c[nH]c2ccccc12)C(=O)O. The number of rotatable bonds is 8. The molecule has 4 rings (SSSR count). The van der Waals surface area contributed by atoms with Crippen molar-refractivity contribution in [3.05, 3.63) is 36.0 Å². The van der Waals surface area contributed by atoms with Crippen molar-refractivity contribution in [2.75, 3.05) is 0 Å². The first-order valence-corrected chi connectivity index (χ1v) is 12.1. The number of para-hydroxylation sites is 1. The van der Waals surface area contributed by atoms with Crippen molar-refractivity contribution in [3.8, 4) is 0 Å². The fourth-order valence-corrected chi connectivity index (χ4v) is 5.85. The molecule has 0 saturated heterocycles. The molecule has 4 atom stereocenters. The highest BCUT2D eigenvalue weighted by Gasteiger charge is 2.33. The molecule has 1 aromatic carbocycles. The van der Waals surface area contributed by atoms with Crippen LogP contribution >= 0.6 is 0 Å². The van der Waals surface area contributed by atoms with Gasteiger partial charge in [0.25, 0.3) is 0 Å². The Kier molecular flexibility index (Phi) is 6.77. The highest BCUT2D eigenvalue weighted by atomic mass is 16.6.